The average Bonchev–Trinajstić information content (AvgIpc) is 2.90. The molecule has 2 aromatic rings. The molecule has 0 radical (unpaired) electrons. The fourth-order valence-electron chi connectivity index (χ4n) is 3.32. The van der Waals surface area contributed by atoms with Gasteiger partial charge in [-0.1, -0.05) is 48.5 Å². The van der Waals surface area contributed by atoms with Gasteiger partial charge >= 0.3 is 0 Å². The lowest BCUT2D eigenvalue weighted by Crippen LogP contribution is -2.43. The molecule has 0 saturated heterocycles. The number of rotatable bonds is 4. The summed E-state index contributed by atoms with van der Waals surface area (Å²) in [5.41, 5.74) is 8.78. The van der Waals surface area contributed by atoms with Crippen LogP contribution in [0.5, 0.6) is 0 Å². The first-order chi connectivity index (χ1) is 9.78. The molecule has 2 heteroatoms. The Morgan fingerprint density at radius 1 is 1.05 bits per heavy atom. The smallest absolute Gasteiger partial charge is 0.0285 e. The molecule has 1 atom stereocenters. The minimum Gasteiger partial charge on any atom is -0.271 e. The Kier molecular flexibility index (Phi) is 3.86. The van der Waals surface area contributed by atoms with E-state index < -0.39 is 0 Å². The van der Waals surface area contributed by atoms with Crippen molar-refractivity contribution in [1.29, 1.82) is 0 Å². The SMILES string of the molecule is Cc1ccccc1CC(NN)C1Cc2ccccc2C1. The van der Waals surface area contributed by atoms with Gasteiger partial charge in [-0.05, 0) is 54.4 Å². The summed E-state index contributed by atoms with van der Waals surface area (Å²) in [6.45, 7) is 2.17. The first kappa shape index (κ1) is 13.3. The lowest BCUT2D eigenvalue weighted by Gasteiger charge is -2.23. The van der Waals surface area contributed by atoms with Gasteiger partial charge in [0.05, 0.1) is 0 Å². The molecule has 0 aliphatic heterocycles. The van der Waals surface area contributed by atoms with Crippen molar-refractivity contribution in [1.82, 2.24) is 5.43 Å². The first-order valence-electron chi connectivity index (χ1n) is 7.35. The number of nitrogens with one attached hydrogen (secondary N) is 1. The Morgan fingerprint density at radius 2 is 1.65 bits per heavy atom. The maximum atomic E-state index is 5.84. The molecule has 2 aromatic carbocycles. The first-order valence-corrected chi connectivity index (χ1v) is 7.35. The Labute approximate surface area is 121 Å². The van der Waals surface area contributed by atoms with Crippen LogP contribution in [-0.4, -0.2) is 6.04 Å². The normalized spacial score (nSPS) is 16.1. The number of fused-ring (bicyclic) bond motifs is 1. The van der Waals surface area contributed by atoms with Crippen molar-refractivity contribution < 1.29 is 0 Å². The Hall–Kier alpha value is -1.64. The zero-order chi connectivity index (χ0) is 13.9. The highest BCUT2D eigenvalue weighted by atomic mass is 15.2. The number of hydrazine groups is 1. The molecule has 0 aromatic heterocycles. The van der Waals surface area contributed by atoms with Crippen LogP contribution in [0, 0.1) is 12.8 Å². The number of nitrogens with two attached hydrogens (primary N) is 1. The molecule has 20 heavy (non-hydrogen) atoms. The molecule has 1 unspecified atom stereocenters. The molecular formula is C18H22N2. The van der Waals surface area contributed by atoms with E-state index in [1.54, 1.807) is 0 Å². The van der Waals surface area contributed by atoms with Crippen molar-refractivity contribution in [3.05, 3.63) is 70.8 Å². The summed E-state index contributed by atoms with van der Waals surface area (Å²) in [5.74, 6) is 6.43. The predicted octanol–water partition coefficient (Wildman–Crippen LogP) is 2.78. The van der Waals surface area contributed by atoms with E-state index in [1.165, 1.54) is 22.3 Å². The maximum absolute atomic E-state index is 5.84. The Bertz CT molecular complexity index is 566. The van der Waals surface area contributed by atoms with E-state index in [0.29, 0.717) is 12.0 Å². The molecule has 0 bridgehead atoms. The van der Waals surface area contributed by atoms with E-state index >= 15 is 0 Å². The van der Waals surface area contributed by atoms with Crippen LogP contribution in [-0.2, 0) is 19.3 Å². The van der Waals surface area contributed by atoms with Gasteiger partial charge in [0.15, 0.2) is 0 Å². The zero-order valence-corrected chi connectivity index (χ0v) is 12.0. The van der Waals surface area contributed by atoms with Gasteiger partial charge in [-0.25, -0.2) is 0 Å². The van der Waals surface area contributed by atoms with E-state index in [4.69, 9.17) is 5.84 Å². The third-order valence-corrected chi connectivity index (χ3v) is 4.57. The van der Waals surface area contributed by atoms with Crippen LogP contribution in [0.2, 0.25) is 0 Å². The molecule has 0 heterocycles. The van der Waals surface area contributed by atoms with Crippen molar-refractivity contribution in [3.8, 4) is 0 Å². The highest BCUT2D eigenvalue weighted by Crippen LogP contribution is 2.30. The van der Waals surface area contributed by atoms with Crippen molar-refractivity contribution in [2.24, 2.45) is 11.8 Å². The summed E-state index contributed by atoms with van der Waals surface area (Å²) in [4.78, 5) is 0. The van der Waals surface area contributed by atoms with E-state index in [2.05, 4.69) is 60.9 Å². The van der Waals surface area contributed by atoms with Gasteiger partial charge < -0.3 is 0 Å². The molecule has 0 saturated carbocycles. The highest BCUT2D eigenvalue weighted by molar-refractivity contribution is 5.33. The van der Waals surface area contributed by atoms with Crippen LogP contribution in [0.1, 0.15) is 22.3 Å². The molecule has 2 nitrogen and oxygen atoms in total. The second kappa shape index (κ2) is 5.78. The molecule has 104 valence electrons. The van der Waals surface area contributed by atoms with Gasteiger partial charge in [0.1, 0.15) is 0 Å². The van der Waals surface area contributed by atoms with Gasteiger partial charge in [0.2, 0.25) is 0 Å². The fraction of sp³-hybridized carbons (Fsp3) is 0.333. The van der Waals surface area contributed by atoms with E-state index in [9.17, 15) is 0 Å². The molecule has 0 spiro atoms. The molecule has 3 N–H and O–H groups in total. The fourth-order valence-corrected chi connectivity index (χ4v) is 3.32. The van der Waals surface area contributed by atoms with Crippen LogP contribution < -0.4 is 11.3 Å². The largest absolute Gasteiger partial charge is 0.271 e. The summed E-state index contributed by atoms with van der Waals surface area (Å²) >= 11 is 0. The number of hydrogen-bond acceptors (Lipinski definition) is 2. The van der Waals surface area contributed by atoms with Gasteiger partial charge in [0.25, 0.3) is 0 Å². The van der Waals surface area contributed by atoms with E-state index in [-0.39, 0.29) is 0 Å². The van der Waals surface area contributed by atoms with Crippen LogP contribution in [0.4, 0.5) is 0 Å². The summed E-state index contributed by atoms with van der Waals surface area (Å²) in [6, 6.07) is 17.7. The molecular weight excluding hydrogens is 244 g/mol. The van der Waals surface area contributed by atoms with Crippen molar-refractivity contribution >= 4 is 0 Å². The second-order valence-electron chi connectivity index (χ2n) is 5.84. The minimum atomic E-state index is 0.337. The van der Waals surface area contributed by atoms with Crippen molar-refractivity contribution in [2.75, 3.05) is 0 Å². The third-order valence-electron chi connectivity index (χ3n) is 4.57. The van der Waals surface area contributed by atoms with E-state index in [1.807, 2.05) is 0 Å². The number of hydrogen-bond donors (Lipinski definition) is 2. The van der Waals surface area contributed by atoms with Crippen molar-refractivity contribution in [3.63, 3.8) is 0 Å². The summed E-state index contributed by atoms with van der Waals surface area (Å²) in [7, 11) is 0. The Morgan fingerprint density at radius 3 is 2.25 bits per heavy atom. The van der Waals surface area contributed by atoms with Gasteiger partial charge in [-0.2, -0.15) is 0 Å². The van der Waals surface area contributed by atoms with Crippen LogP contribution in [0.15, 0.2) is 48.5 Å². The quantitative estimate of drug-likeness (QED) is 0.659. The topological polar surface area (TPSA) is 38.0 Å². The lowest BCUT2D eigenvalue weighted by atomic mass is 9.90. The number of aryl methyl sites for hydroxylation is 1. The molecule has 0 fully saturated rings. The molecule has 1 aliphatic rings. The van der Waals surface area contributed by atoms with Gasteiger partial charge in [-0.3, -0.25) is 11.3 Å². The molecule has 3 rings (SSSR count). The number of benzene rings is 2. The van der Waals surface area contributed by atoms with E-state index in [0.717, 1.165) is 19.3 Å². The standard InChI is InChI=1S/C18H22N2/c1-13-6-2-3-7-14(13)12-18(20-19)17-10-15-8-4-5-9-16(15)11-17/h2-9,17-18,20H,10-12,19H2,1H3. The molecule has 0 amide bonds. The Balaban J connectivity index is 1.74. The van der Waals surface area contributed by atoms with Crippen LogP contribution in [0.25, 0.3) is 0 Å². The van der Waals surface area contributed by atoms with Gasteiger partial charge in [0, 0.05) is 6.04 Å². The zero-order valence-electron chi connectivity index (χ0n) is 12.0. The lowest BCUT2D eigenvalue weighted by molar-refractivity contribution is 0.366. The third kappa shape index (κ3) is 2.62. The van der Waals surface area contributed by atoms with Crippen molar-refractivity contribution in [2.45, 2.75) is 32.2 Å². The average molecular weight is 266 g/mol. The maximum Gasteiger partial charge on any atom is 0.0285 e. The predicted molar refractivity (Wildman–Crippen MR) is 83.3 cm³/mol. The summed E-state index contributed by atoms with van der Waals surface area (Å²) in [5, 5.41) is 0. The van der Waals surface area contributed by atoms with Crippen LogP contribution in [0.3, 0.4) is 0 Å². The second-order valence-corrected chi connectivity index (χ2v) is 5.84. The monoisotopic (exact) mass is 266 g/mol. The van der Waals surface area contributed by atoms with Gasteiger partial charge in [-0.15, -0.1) is 0 Å². The summed E-state index contributed by atoms with van der Waals surface area (Å²) in [6.07, 6.45) is 3.27. The van der Waals surface area contributed by atoms with Crippen LogP contribution >= 0.6 is 0 Å². The minimum absolute atomic E-state index is 0.337. The molecule has 1 aliphatic carbocycles. The highest BCUT2D eigenvalue weighted by Gasteiger charge is 2.28. The summed E-state index contributed by atoms with van der Waals surface area (Å²) < 4.78 is 0.